The quantitative estimate of drug-likeness (QED) is 0.859. The Balaban J connectivity index is 1.95. The van der Waals surface area contributed by atoms with Gasteiger partial charge in [0.25, 0.3) is 0 Å². The normalized spacial score (nSPS) is 18.9. The Hall–Kier alpha value is -0.290. The zero-order valence-electron chi connectivity index (χ0n) is 10.1. The van der Waals surface area contributed by atoms with Crippen molar-refractivity contribution in [1.29, 1.82) is 0 Å². The maximum atomic E-state index is 4.23. The van der Waals surface area contributed by atoms with Crippen molar-refractivity contribution >= 4 is 33.5 Å². The van der Waals surface area contributed by atoms with Gasteiger partial charge in [-0.15, -0.1) is 0 Å². The summed E-state index contributed by atoms with van der Waals surface area (Å²) < 4.78 is 1.23. The molecule has 1 saturated carbocycles. The van der Waals surface area contributed by atoms with E-state index in [0.717, 1.165) is 17.0 Å². The molecule has 3 nitrogen and oxygen atoms in total. The SMILES string of the molecule is CSC1(CNc2cc(Br)ncn2)CCCCC1. The zero-order chi connectivity index (χ0) is 12.1. The summed E-state index contributed by atoms with van der Waals surface area (Å²) in [6, 6.07) is 1.93. The van der Waals surface area contributed by atoms with Crippen molar-refractivity contribution in [1.82, 2.24) is 9.97 Å². The van der Waals surface area contributed by atoms with Gasteiger partial charge in [-0.25, -0.2) is 9.97 Å². The number of halogens is 1. The molecule has 1 heterocycles. The van der Waals surface area contributed by atoms with Gasteiger partial charge in [0.15, 0.2) is 0 Å². The minimum Gasteiger partial charge on any atom is -0.369 e. The van der Waals surface area contributed by atoms with Gasteiger partial charge in [-0.3, -0.25) is 0 Å². The average Bonchev–Trinajstić information content (AvgIpc) is 2.38. The van der Waals surface area contributed by atoms with Crippen LogP contribution in [0.25, 0.3) is 0 Å². The third-order valence-corrected chi connectivity index (χ3v) is 5.28. The highest BCUT2D eigenvalue weighted by atomic mass is 79.9. The van der Waals surface area contributed by atoms with E-state index in [-0.39, 0.29) is 0 Å². The number of nitrogens with zero attached hydrogens (tertiary/aromatic N) is 2. The molecule has 1 aromatic rings. The van der Waals surface area contributed by atoms with Gasteiger partial charge in [0.2, 0.25) is 0 Å². The van der Waals surface area contributed by atoms with E-state index in [2.05, 4.69) is 37.5 Å². The second kappa shape index (κ2) is 6.05. The van der Waals surface area contributed by atoms with Crippen LogP contribution in [0.2, 0.25) is 0 Å². The van der Waals surface area contributed by atoms with Gasteiger partial charge >= 0.3 is 0 Å². The first-order chi connectivity index (χ1) is 8.24. The van der Waals surface area contributed by atoms with E-state index in [4.69, 9.17) is 0 Å². The summed E-state index contributed by atoms with van der Waals surface area (Å²) in [4.78, 5) is 8.26. The Morgan fingerprint density at radius 3 is 2.76 bits per heavy atom. The molecular weight excluding hydrogens is 298 g/mol. The number of hydrogen-bond acceptors (Lipinski definition) is 4. The predicted octanol–water partition coefficient (Wildman–Crippen LogP) is 3.72. The van der Waals surface area contributed by atoms with E-state index < -0.39 is 0 Å². The van der Waals surface area contributed by atoms with Crippen molar-refractivity contribution in [2.45, 2.75) is 36.9 Å². The molecule has 0 bridgehead atoms. The van der Waals surface area contributed by atoms with Crippen LogP contribution in [0.3, 0.4) is 0 Å². The summed E-state index contributed by atoms with van der Waals surface area (Å²) in [6.07, 6.45) is 10.5. The van der Waals surface area contributed by atoms with Crippen molar-refractivity contribution in [3.05, 3.63) is 17.0 Å². The minimum absolute atomic E-state index is 0.398. The Morgan fingerprint density at radius 1 is 1.35 bits per heavy atom. The fourth-order valence-electron chi connectivity index (χ4n) is 2.33. The fourth-order valence-corrected chi connectivity index (χ4v) is 3.55. The number of aromatic nitrogens is 2. The molecule has 94 valence electrons. The first-order valence-electron chi connectivity index (χ1n) is 6.01. The Bertz CT molecular complexity index is 367. The molecule has 0 aromatic carbocycles. The highest BCUT2D eigenvalue weighted by Crippen LogP contribution is 2.38. The Labute approximate surface area is 115 Å². The minimum atomic E-state index is 0.398. The van der Waals surface area contributed by atoms with Crippen molar-refractivity contribution in [3.8, 4) is 0 Å². The van der Waals surface area contributed by atoms with Crippen LogP contribution >= 0.6 is 27.7 Å². The molecule has 0 aliphatic heterocycles. The van der Waals surface area contributed by atoms with Gasteiger partial charge in [-0.2, -0.15) is 11.8 Å². The maximum absolute atomic E-state index is 4.23. The molecule has 0 spiro atoms. The standard InChI is InChI=1S/C12H18BrN3S/c1-17-12(5-3-2-4-6-12)8-14-11-7-10(13)15-9-16-11/h7,9H,2-6,8H2,1H3,(H,14,15,16). The summed E-state index contributed by atoms with van der Waals surface area (Å²) in [5.41, 5.74) is 0. The van der Waals surface area contributed by atoms with E-state index in [1.165, 1.54) is 32.1 Å². The molecule has 0 atom stereocenters. The molecule has 2 rings (SSSR count). The molecule has 0 saturated heterocycles. The number of nitrogens with one attached hydrogen (secondary N) is 1. The summed E-state index contributed by atoms with van der Waals surface area (Å²) >= 11 is 5.36. The zero-order valence-corrected chi connectivity index (χ0v) is 12.5. The van der Waals surface area contributed by atoms with Gasteiger partial charge in [-0.05, 0) is 35.0 Å². The van der Waals surface area contributed by atoms with Crippen molar-refractivity contribution in [3.63, 3.8) is 0 Å². The molecule has 5 heteroatoms. The third kappa shape index (κ3) is 3.58. The summed E-state index contributed by atoms with van der Waals surface area (Å²) in [5, 5.41) is 3.44. The molecule has 1 aromatic heterocycles. The lowest BCUT2D eigenvalue weighted by atomic mass is 9.88. The first kappa shape index (κ1) is 13.1. The fraction of sp³-hybridized carbons (Fsp3) is 0.667. The lowest BCUT2D eigenvalue weighted by Gasteiger charge is -2.36. The number of anilines is 1. The monoisotopic (exact) mass is 315 g/mol. The predicted molar refractivity (Wildman–Crippen MR) is 77.6 cm³/mol. The van der Waals surface area contributed by atoms with Crippen LogP contribution in [-0.4, -0.2) is 27.5 Å². The Kier molecular flexibility index (Phi) is 4.68. The van der Waals surface area contributed by atoms with Crippen LogP contribution in [0.5, 0.6) is 0 Å². The van der Waals surface area contributed by atoms with Gasteiger partial charge in [0.05, 0.1) is 0 Å². The second-order valence-electron chi connectivity index (χ2n) is 4.53. The smallest absolute Gasteiger partial charge is 0.130 e. The number of thioether (sulfide) groups is 1. The van der Waals surface area contributed by atoms with Crippen LogP contribution in [0.15, 0.2) is 17.0 Å². The maximum Gasteiger partial charge on any atom is 0.130 e. The average molecular weight is 316 g/mol. The van der Waals surface area contributed by atoms with Crippen LogP contribution in [0.4, 0.5) is 5.82 Å². The van der Waals surface area contributed by atoms with Crippen LogP contribution < -0.4 is 5.32 Å². The topological polar surface area (TPSA) is 37.8 Å². The Morgan fingerprint density at radius 2 is 2.12 bits per heavy atom. The second-order valence-corrected chi connectivity index (χ2v) is 6.61. The van der Waals surface area contributed by atoms with Crippen LogP contribution in [0, 0.1) is 0 Å². The number of hydrogen-bond donors (Lipinski definition) is 1. The van der Waals surface area contributed by atoms with Gasteiger partial charge in [-0.1, -0.05) is 19.3 Å². The van der Waals surface area contributed by atoms with Crippen LogP contribution in [-0.2, 0) is 0 Å². The lowest BCUT2D eigenvalue weighted by molar-refractivity contribution is 0.411. The molecule has 1 aliphatic rings. The van der Waals surface area contributed by atoms with E-state index in [1.807, 2.05) is 17.8 Å². The summed E-state index contributed by atoms with van der Waals surface area (Å²) in [5.74, 6) is 0.908. The highest BCUT2D eigenvalue weighted by molar-refractivity contribution is 9.10. The van der Waals surface area contributed by atoms with Gasteiger partial charge in [0.1, 0.15) is 16.7 Å². The van der Waals surface area contributed by atoms with Gasteiger partial charge < -0.3 is 5.32 Å². The molecule has 1 aliphatic carbocycles. The van der Waals surface area contributed by atoms with Crippen molar-refractivity contribution < 1.29 is 0 Å². The summed E-state index contributed by atoms with van der Waals surface area (Å²) in [6.45, 7) is 0.998. The molecule has 1 fully saturated rings. The first-order valence-corrected chi connectivity index (χ1v) is 8.02. The van der Waals surface area contributed by atoms with Crippen molar-refractivity contribution in [2.24, 2.45) is 0 Å². The molecule has 0 unspecified atom stereocenters. The van der Waals surface area contributed by atoms with E-state index >= 15 is 0 Å². The van der Waals surface area contributed by atoms with E-state index in [1.54, 1.807) is 6.33 Å². The third-order valence-electron chi connectivity index (χ3n) is 3.42. The number of rotatable bonds is 4. The van der Waals surface area contributed by atoms with Crippen molar-refractivity contribution in [2.75, 3.05) is 18.1 Å². The van der Waals surface area contributed by atoms with E-state index in [0.29, 0.717) is 4.75 Å². The summed E-state index contributed by atoms with van der Waals surface area (Å²) in [7, 11) is 0. The molecule has 0 radical (unpaired) electrons. The molecular formula is C12H18BrN3S. The lowest BCUT2D eigenvalue weighted by Crippen LogP contribution is -2.35. The molecule has 0 amide bonds. The molecule has 1 N–H and O–H groups in total. The highest BCUT2D eigenvalue weighted by Gasteiger charge is 2.30. The van der Waals surface area contributed by atoms with Crippen LogP contribution in [0.1, 0.15) is 32.1 Å². The van der Waals surface area contributed by atoms with E-state index in [9.17, 15) is 0 Å². The van der Waals surface area contributed by atoms with Gasteiger partial charge in [0, 0.05) is 17.4 Å². The molecule has 17 heavy (non-hydrogen) atoms. The largest absolute Gasteiger partial charge is 0.369 e.